The van der Waals surface area contributed by atoms with Crippen molar-refractivity contribution < 1.29 is 9.18 Å². The molecule has 0 aliphatic heterocycles. The smallest absolute Gasteiger partial charge is 0.143 e. The van der Waals surface area contributed by atoms with E-state index in [1.807, 2.05) is 6.08 Å². The first-order chi connectivity index (χ1) is 9.86. The van der Waals surface area contributed by atoms with Gasteiger partial charge < -0.3 is 0 Å². The van der Waals surface area contributed by atoms with E-state index < -0.39 is 0 Å². The van der Waals surface area contributed by atoms with Crippen LogP contribution in [0.1, 0.15) is 47.0 Å². The Morgan fingerprint density at radius 2 is 1.95 bits per heavy atom. The number of carbonyl (C=O) groups excluding carboxylic acids is 1. The second-order valence-corrected chi connectivity index (χ2v) is 6.22. The Morgan fingerprint density at radius 1 is 1.24 bits per heavy atom. The normalized spacial score (nSPS) is 20.6. The Morgan fingerprint density at radius 3 is 2.57 bits per heavy atom. The van der Waals surface area contributed by atoms with E-state index in [4.69, 9.17) is 0 Å². The third-order valence-electron chi connectivity index (χ3n) is 3.90. The highest BCUT2D eigenvalue weighted by Gasteiger charge is 2.26. The van der Waals surface area contributed by atoms with Crippen molar-refractivity contribution in [1.29, 1.82) is 0 Å². The summed E-state index contributed by atoms with van der Waals surface area (Å²) < 4.78 is 13.8. The fourth-order valence-corrected chi connectivity index (χ4v) is 2.68. The Balaban J connectivity index is 2.80. The van der Waals surface area contributed by atoms with Crippen molar-refractivity contribution >= 4 is 6.29 Å². The topological polar surface area (TPSA) is 17.1 Å². The summed E-state index contributed by atoms with van der Waals surface area (Å²) in [5, 5.41) is 0. The molecule has 0 aromatic carbocycles. The first-order valence-corrected chi connectivity index (χ1v) is 7.41. The highest BCUT2D eigenvalue weighted by atomic mass is 19.1. The van der Waals surface area contributed by atoms with E-state index in [9.17, 15) is 9.18 Å². The van der Waals surface area contributed by atoms with E-state index in [-0.39, 0.29) is 11.2 Å². The highest BCUT2D eigenvalue weighted by Crippen LogP contribution is 2.40. The highest BCUT2D eigenvalue weighted by molar-refractivity contribution is 5.66. The third-order valence-corrected chi connectivity index (χ3v) is 3.90. The number of hydrogen-bond acceptors (Lipinski definition) is 1. The molecule has 2 heteroatoms. The minimum atomic E-state index is -0.285. The number of allylic oxidation sites excluding steroid dienone is 10. The van der Waals surface area contributed by atoms with E-state index >= 15 is 0 Å². The molecule has 1 nitrogen and oxygen atoms in total. The Labute approximate surface area is 127 Å². The predicted octanol–water partition coefficient (Wildman–Crippen LogP) is 5.62. The third kappa shape index (κ3) is 5.66. The van der Waals surface area contributed by atoms with Gasteiger partial charge in [-0.25, -0.2) is 4.39 Å². The predicted molar refractivity (Wildman–Crippen MR) is 87.6 cm³/mol. The van der Waals surface area contributed by atoms with Crippen molar-refractivity contribution in [1.82, 2.24) is 0 Å². The van der Waals surface area contributed by atoms with Crippen LogP contribution in [0.4, 0.5) is 4.39 Å². The van der Waals surface area contributed by atoms with E-state index in [0.717, 1.165) is 24.7 Å². The van der Waals surface area contributed by atoms with Crippen LogP contribution >= 0.6 is 0 Å². The Hall–Kier alpha value is -1.70. The first-order valence-electron chi connectivity index (χ1n) is 7.41. The number of rotatable bonds is 5. The summed E-state index contributed by atoms with van der Waals surface area (Å²) >= 11 is 0. The quantitative estimate of drug-likeness (QED) is 0.364. The van der Waals surface area contributed by atoms with Crippen molar-refractivity contribution in [3.05, 3.63) is 59.0 Å². The molecule has 0 unspecified atom stereocenters. The zero-order valence-corrected chi connectivity index (χ0v) is 13.4. The van der Waals surface area contributed by atoms with Crippen LogP contribution in [0.3, 0.4) is 0 Å². The van der Waals surface area contributed by atoms with Gasteiger partial charge >= 0.3 is 0 Å². The molecule has 0 fully saturated rings. The molecule has 0 saturated heterocycles. The first kappa shape index (κ1) is 17.4. The van der Waals surface area contributed by atoms with Crippen LogP contribution in [0.2, 0.25) is 0 Å². The van der Waals surface area contributed by atoms with E-state index in [1.54, 1.807) is 19.1 Å². The molecule has 0 N–H and O–H groups in total. The Kier molecular flexibility index (Phi) is 6.54. The molecule has 0 heterocycles. The molecule has 0 atom stereocenters. The van der Waals surface area contributed by atoms with Crippen LogP contribution in [0.15, 0.2) is 59.0 Å². The van der Waals surface area contributed by atoms with Crippen LogP contribution in [-0.4, -0.2) is 6.29 Å². The van der Waals surface area contributed by atoms with Gasteiger partial charge in [-0.2, -0.15) is 0 Å². The fourth-order valence-electron chi connectivity index (χ4n) is 2.68. The van der Waals surface area contributed by atoms with Gasteiger partial charge in [0.2, 0.25) is 0 Å². The second-order valence-electron chi connectivity index (χ2n) is 6.22. The van der Waals surface area contributed by atoms with Crippen LogP contribution in [0, 0.1) is 5.41 Å². The van der Waals surface area contributed by atoms with Crippen LogP contribution in [-0.2, 0) is 4.79 Å². The molecule has 1 aliphatic carbocycles. The minimum absolute atomic E-state index is 0.123. The van der Waals surface area contributed by atoms with Gasteiger partial charge in [0.15, 0.2) is 0 Å². The maximum absolute atomic E-state index is 13.8. The number of halogens is 1. The summed E-state index contributed by atoms with van der Waals surface area (Å²) in [6.45, 7) is 8.36. The lowest BCUT2D eigenvalue weighted by atomic mass is 9.72. The molecule has 114 valence electrons. The summed E-state index contributed by atoms with van der Waals surface area (Å²) in [6, 6.07) is 0. The van der Waals surface area contributed by atoms with E-state index in [1.165, 1.54) is 35.8 Å². The van der Waals surface area contributed by atoms with Crippen molar-refractivity contribution in [3.8, 4) is 0 Å². The monoisotopic (exact) mass is 288 g/mol. The molecule has 1 aliphatic rings. The molecule has 0 spiro atoms. The average molecular weight is 288 g/mol. The molecule has 1 rings (SSSR count). The molecule has 0 aromatic heterocycles. The summed E-state index contributed by atoms with van der Waals surface area (Å²) in [4.78, 5) is 10.3. The van der Waals surface area contributed by atoms with Crippen molar-refractivity contribution in [2.45, 2.75) is 47.0 Å². The lowest BCUT2D eigenvalue weighted by Crippen LogP contribution is -2.19. The summed E-state index contributed by atoms with van der Waals surface area (Å²) in [5.74, 6) is -0.285. The van der Waals surface area contributed by atoms with Gasteiger partial charge in [-0.15, -0.1) is 0 Å². The van der Waals surface area contributed by atoms with Crippen LogP contribution < -0.4 is 0 Å². The average Bonchev–Trinajstić information content (AvgIpc) is 2.37. The number of carbonyl (C=O) groups is 1. The van der Waals surface area contributed by atoms with E-state index in [2.05, 4.69) is 20.8 Å². The van der Waals surface area contributed by atoms with Gasteiger partial charge in [0, 0.05) is 0 Å². The summed E-state index contributed by atoms with van der Waals surface area (Å²) in [6.07, 6.45) is 13.8. The van der Waals surface area contributed by atoms with Crippen LogP contribution in [0.25, 0.3) is 0 Å². The van der Waals surface area contributed by atoms with Crippen LogP contribution in [0.5, 0.6) is 0 Å². The summed E-state index contributed by atoms with van der Waals surface area (Å²) in [5.41, 5.74) is 3.53. The lowest BCUT2D eigenvalue weighted by molar-refractivity contribution is -0.104. The molecule has 0 amide bonds. The molecule has 0 saturated carbocycles. The van der Waals surface area contributed by atoms with Gasteiger partial charge in [-0.1, -0.05) is 37.6 Å². The number of hydrogen-bond donors (Lipinski definition) is 0. The van der Waals surface area contributed by atoms with Gasteiger partial charge in [-0.3, -0.25) is 4.79 Å². The van der Waals surface area contributed by atoms with Gasteiger partial charge in [0.25, 0.3) is 0 Å². The van der Waals surface area contributed by atoms with Gasteiger partial charge in [0.05, 0.1) is 0 Å². The Bertz CT molecular complexity index is 528. The molecule has 0 aromatic rings. The van der Waals surface area contributed by atoms with Crippen molar-refractivity contribution in [3.63, 3.8) is 0 Å². The number of aldehydes is 1. The maximum atomic E-state index is 13.8. The van der Waals surface area contributed by atoms with Gasteiger partial charge in [0.1, 0.15) is 12.1 Å². The summed E-state index contributed by atoms with van der Waals surface area (Å²) in [7, 11) is 0. The zero-order chi connectivity index (χ0) is 15.9. The molecule has 21 heavy (non-hydrogen) atoms. The van der Waals surface area contributed by atoms with Gasteiger partial charge in [-0.05, 0) is 67.9 Å². The van der Waals surface area contributed by atoms with Crippen molar-refractivity contribution in [2.24, 2.45) is 5.41 Å². The molecular weight excluding hydrogens is 263 g/mol. The zero-order valence-electron chi connectivity index (χ0n) is 13.4. The molecule has 0 radical (unpaired) electrons. The SMILES string of the molecule is CC1=C(/C=C/C(F)=C/C=C/C(C)=C\C=O)C(C)(C)CCC1. The molecule has 0 bridgehead atoms. The second kappa shape index (κ2) is 7.92. The van der Waals surface area contributed by atoms with Crippen molar-refractivity contribution in [2.75, 3.05) is 0 Å². The minimum Gasteiger partial charge on any atom is -0.299 e. The van der Waals surface area contributed by atoms with E-state index in [0.29, 0.717) is 0 Å². The maximum Gasteiger partial charge on any atom is 0.143 e. The fraction of sp³-hybridized carbons (Fsp3) is 0.421. The largest absolute Gasteiger partial charge is 0.299 e. The molecular formula is C19H25FO. The standard InChI is InChI=1S/C19H25FO/c1-15(12-14-21)7-5-9-17(20)10-11-18-16(2)8-6-13-19(18,3)4/h5,7,9-12,14H,6,8,13H2,1-4H3/b7-5+,11-10+,15-12-,17-9-. The lowest BCUT2D eigenvalue weighted by Gasteiger charge is -2.32.